The lowest BCUT2D eigenvalue weighted by Gasteiger charge is -2.16. The summed E-state index contributed by atoms with van der Waals surface area (Å²) in [6.07, 6.45) is 3.22. The van der Waals surface area contributed by atoms with Gasteiger partial charge in [0.15, 0.2) is 5.78 Å². The quantitative estimate of drug-likeness (QED) is 0.134. The molecule has 0 saturated heterocycles. The number of ketones is 1. The zero-order chi connectivity index (χ0) is 25.2. The van der Waals surface area contributed by atoms with Crippen molar-refractivity contribution in [2.75, 3.05) is 0 Å². The van der Waals surface area contributed by atoms with E-state index in [-0.39, 0.29) is 27.0 Å². The van der Waals surface area contributed by atoms with Gasteiger partial charge in [-0.15, -0.1) is 0 Å². The highest BCUT2D eigenvalue weighted by Gasteiger charge is 2.20. The number of halogens is 2. The molecular formula is C30H22Cl2O4. The van der Waals surface area contributed by atoms with E-state index >= 15 is 0 Å². The molecule has 6 heteroatoms. The molecule has 180 valence electrons. The number of carbonyl (C=O) groups is 1. The number of aromatic hydroxyl groups is 1. The lowest BCUT2D eigenvalue weighted by atomic mass is 9.92. The van der Waals surface area contributed by atoms with Crippen molar-refractivity contribution >= 4 is 40.0 Å². The van der Waals surface area contributed by atoms with Gasteiger partial charge in [-0.1, -0.05) is 77.8 Å². The maximum Gasteiger partial charge on any atom is 0.200 e. The Kier molecular flexibility index (Phi) is 6.82. The van der Waals surface area contributed by atoms with E-state index in [4.69, 9.17) is 27.6 Å². The predicted octanol–water partition coefficient (Wildman–Crippen LogP) is 8.17. The van der Waals surface area contributed by atoms with E-state index in [2.05, 4.69) is 12.1 Å². The molecule has 0 saturated carbocycles. The summed E-state index contributed by atoms with van der Waals surface area (Å²) < 4.78 is 5.90. The number of rotatable bonds is 7. The minimum Gasteiger partial charge on any atom is -0.506 e. The summed E-state index contributed by atoms with van der Waals surface area (Å²) >= 11 is 12.4. The fourth-order valence-electron chi connectivity index (χ4n) is 4.44. The number of carbonyl (C=O) groups excluding carboxylic acids is 1. The van der Waals surface area contributed by atoms with Crippen LogP contribution in [0.2, 0.25) is 10.0 Å². The third-order valence-corrected chi connectivity index (χ3v) is 6.90. The summed E-state index contributed by atoms with van der Waals surface area (Å²) in [6, 6.07) is 23.6. The molecule has 1 N–H and O–H groups in total. The molecule has 5 rings (SSSR count). The van der Waals surface area contributed by atoms with Crippen LogP contribution >= 0.6 is 23.2 Å². The number of phenolic OH excluding ortho intramolecular Hbond substituents is 1. The first-order valence-corrected chi connectivity index (χ1v) is 12.4. The second-order valence-electron chi connectivity index (χ2n) is 8.75. The van der Waals surface area contributed by atoms with Gasteiger partial charge in [-0.05, 0) is 42.5 Å². The Balaban J connectivity index is 1.44. The summed E-state index contributed by atoms with van der Waals surface area (Å²) in [5, 5.41) is 11.0. The molecule has 0 unspecified atom stereocenters. The molecule has 1 aliphatic heterocycles. The SMILES string of the molecule is O=C(CCCCc1ccccc1)c1ccc(-c2c3cc(Cl)c(=O)cc-3oc3cc(O)c(Cl)cc23)cc1. The van der Waals surface area contributed by atoms with Crippen LogP contribution in [0, 0.1) is 0 Å². The van der Waals surface area contributed by atoms with E-state index in [0.717, 1.165) is 30.4 Å². The minimum absolute atomic E-state index is 0.0745. The van der Waals surface area contributed by atoms with Crippen molar-refractivity contribution in [1.29, 1.82) is 0 Å². The zero-order valence-corrected chi connectivity index (χ0v) is 20.8. The fourth-order valence-corrected chi connectivity index (χ4v) is 4.77. The number of benzene rings is 4. The summed E-state index contributed by atoms with van der Waals surface area (Å²) in [6.45, 7) is 0. The number of phenols is 1. The second-order valence-corrected chi connectivity index (χ2v) is 9.56. The van der Waals surface area contributed by atoms with Gasteiger partial charge in [0.25, 0.3) is 0 Å². The highest BCUT2D eigenvalue weighted by molar-refractivity contribution is 6.33. The molecule has 0 radical (unpaired) electrons. The normalized spacial score (nSPS) is 11.3. The Bertz CT molecular complexity index is 1590. The Morgan fingerprint density at radius 1 is 0.861 bits per heavy atom. The first-order valence-electron chi connectivity index (χ1n) is 11.7. The van der Waals surface area contributed by atoms with Gasteiger partial charge >= 0.3 is 0 Å². The van der Waals surface area contributed by atoms with E-state index in [1.165, 1.54) is 17.7 Å². The average Bonchev–Trinajstić information content (AvgIpc) is 2.88. The standard InChI is InChI=1S/C30H22Cl2O4/c31-23-14-21-28(16-26(23)34)36-29-17-27(35)24(32)15-22(29)30(21)20-12-10-19(11-13-20)25(33)9-5-4-8-18-6-2-1-3-7-18/h1-3,6-7,10-17,34H,4-5,8-9H2. The molecule has 0 atom stereocenters. The number of hydrogen-bond acceptors (Lipinski definition) is 4. The van der Waals surface area contributed by atoms with Crippen LogP contribution in [0.1, 0.15) is 35.2 Å². The third-order valence-electron chi connectivity index (χ3n) is 6.30. The number of Topliss-reactive ketones (excluding diaryl/α,β-unsaturated/α-hetero) is 1. The highest BCUT2D eigenvalue weighted by Crippen LogP contribution is 2.43. The Labute approximate surface area is 218 Å². The zero-order valence-electron chi connectivity index (χ0n) is 19.3. The molecule has 36 heavy (non-hydrogen) atoms. The molecule has 0 aromatic heterocycles. The van der Waals surface area contributed by atoms with Crippen LogP contribution < -0.4 is 5.43 Å². The molecule has 0 bridgehead atoms. The number of hydrogen-bond donors (Lipinski definition) is 1. The molecule has 4 nitrogen and oxygen atoms in total. The molecule has 3 aromatic rings. The summed E-state index contributed by atoms with van der Waals surface area (Å²) in [5.74, 6) is 0.314. The third kappa shape index (κ3) is 4.88. The Morgan fingerprint density at radius 3 is 2.36 bits per heavy atom. The molecule has 3 aromatic carbocycles. The van der Waals surface area contributed by atoms with Gasteiger partial charge in [0.1, 0.15) is 17.1 Å². The van der Waals surface area contributed by atoms with E-state index in [0.29, 0.717) is 34.3 Å². The molecule has 2 aliphatic rings. The van der Waals surface area contributed by atoms with Gasteiger partial charge in [-0.25, -0.2) is 0 Å². The maximum absolute atomic E-state index is 12.8. The lowest BCUT2D eigenvalue weighted by Crippen LogP contribution is -2.03. The predicted molar refractivity (Wildman–Crippen MR) is 145 cm³/mol. The average molecular weight is 517 g/mol. The van der Waals surface area contributed by atoms with Crippen molar-refractivity contribution in [1.82, 2.24) is 0 Å². The van der Waals surface area contributed by atoms with Gasteiger partial charge in [-0.3, -0.25) is 9.59 Å². The van der Waals surface area contributed by atoms with E-state index in [9.17, 15) is 14.7 Å². The first-order chi connectivity index (χ1) is 17.4. The van der Waals surface area contributed by atoms with Crippen molar-refractivity contribution in [2.45, 2.75) is 25.7 Å². The first kappa shape index (κ1) is 24.1. The molecule has 0 amide bonds. The van der Waals surface area contributed by atoms with Gasteiger partial charge in [-0.2, -0.15) is 0 Å². The summed E-state index contributed by atoms with van der Waals surface area (Å²) in [5.41, 5.74) is 4.12. The van der Waals surface area contributed by atoms with Crippen molar-refractivity contribution in [3.05, 3.63) is 110 Å². The number of fused-ring (bicyclic) bond motifs is 2. The van der Waals surface area contributed by atoms with Crippen LogP contribution in [0.3, 0.4) is 0 Å². The van der Waals surface area contributed by atoms with E-state index < -0.39 is 0 Å². The van der Waals surface area contributed by atoms with E-state index in [1.807, 2.05) is 42.5 Å². The topological polar surface area (TPSA) is 67.5 Å². The summed E-state index contributed by atoms with van der Waals surface area (Å²) in [7, 11) is 0. The van der Waals surface area contributed by atoms with Gasteiger partial charge in [0.05, 0.1) is 10.0 Å². The number of aryl methyl sites for hydroxylation is 1. The van der Waals surface area contributed by atoms with Gasteiger partial charge in [0, 0.05) is 40.6 Å². The van der Waals surface area contributed by atoms with Crippen LogP contribution in [0.5, 0.6) is 5.75 Å². The van der Waals surface area contributed by atoms with Gasteiger partial charge < -0.3 is 9.52 Å². The fraction of sp³-hybridized carbons (Fsp3) is 0.133. The molecule has 1 aliphatic carbocycles. The van der Waals surface area contributed by atoms with E-state index in [1.54, 1.807) is 12.1 Å². The van der Waals surface area contributed by atoms with Crippen LogP contribution in [-0.2, 0) is 6.42 Å². The van der Waals surface area contributed by atoms with Crippen molar-refractivity contribution < 1.29 is 14.3 Å². The largest absolute Gasteiger partial charge is 0.506 e. The molecule has 0 spiro atoms. The van der Waals surface area contributed by atoms with Gasteiger partial charge in [0.2, 0.25) is 5.43 Å². The Morgan fingerprint density at radius 2 is 1.61 bits per heavy atom. The summed E-state index contributed by atoms with van der Waals surface area (Å²) in [4.78, 5) is 24.9. The molecular weight excluding hydrogens is 495 g/mol. The van der Waals surface area contributed by atoms with Crippen LogP contribution in [0.4, 0.5) is 0 Å². The smallest absolute Gasteiger partial charge is 0.200 e. The number of unbranched alkanes of at least 4 members (excludes halogenated alkanes) is 1. The minimum atomic E-state index is -0.357. The van der Waals surface area contributed by atoms with Crippen LogP contribution in [0.25, 0.3) is 33.4 Å². The monoisotopic (exact) mass is 516 g/mol. The highest BCUT2D eigenvalue weighted by atomic mass is 35.5. The van der Waals surface area contributed by atoms with Crippen molar-refractivity contribution in [3.63, 3.8) is 0 Å². The van der Waals surface area contributed by atoms with Crippen molar-refractivity contribution in [3.8, 4) is 28.2 Å². The Hall–Kier alpha value is -3.60. The van der Waals surface area contributed by atoms with Crippen molar-refractivity contribution in [2.24, 2.45) is 0 Å². The second kappa shape index (κ2) is 10.2. The van der Waals surface area contributed by atoms with Crippen LogP contribution in [-0.4, -0.2) is 10.9 Å². The lowest BCUT2D eigenvalue weighted by molar-refractivity contribution is 0.0979. The maximum atomic E-state index is 12.8. The molecule has 1 heterocycles. The van der Waals surface area contributed by atoms with Crippen LogP contribution in [0.15, 0.2) is 88.1 Å². The molecule has 0 fully saturated rings.